The molecule has 2 N–H and O–H groups in total. The second kappa shape index (κ2) is 6.45. The zero-order valence-corrected chi connectivity index (χ0v) is 12.6. The molecular formula is C14H16N2O4S. The van der Waals surface area contributed by atoms with Gasteiger partial charge in [0.2, 0.25) is 0 Å². The summed E-state index contributed by atoms with van der Waals surface area (Å²) in [4.78, 5) is 24.9. The summed E-state index contributed by atoms with van der Waals surface area (Å²) in [5.74, 6) is -0.669. The Labute approximate surface area is 126 Å². The summed E-state index contributed by atoms with van der Waals surface area (Å²) in [7, 11) is 1.24. The van der Waals surface area contributed by atoms with Crippen molar-refractivity contribution in [3.05, 3.63) is 39.8 Å². The van der Waals surface area contributed by atoms with E-state index in [0.29, 0.717) is 12.0 Å². The minimum Gasteiger partial charge on any atom is -0.464 e. The Bertz CT molecular complexity index is 646. The van der Waals surface area contributed by atoms with Crippen LogP contribution < -0.4 is 5.73 Å². The fraction of sp³-hybridized carbons (Fsp3) is 0.286. The molecule has 0 spiro atoms. The van der Waals surface area contributed by atoms with E-state index >= 15 is 0 Å². The number of nitrogens with zero attached hydrogens (tertiary/aromatic N) is 1. The summed E-state index contributed by atoms with van der Waals surface area (Å²) in [6, 6.07) is 3.89. The molecule has 2 heterocycles. The van der Waals surface area contributed by atoms with E-state index in [2.05, 4.69) is 4.74 Å². The average molecular weight is 308 g/mol. The van der Waals surface area contributed by atoms with Gasteiger partial charge in [-0.15, -0.1) is 11.3 Å². The van der Waals surface area contributed by atoms with Crippen LogP contribution in [0.3, 0.4) is 0 Å². The van der Waals surface area contributed by atoms with E-state index in [1.54, 1.807) is 18.3 Å². The van der Waals surface area contributed by atoms with Crippen molar-refractivity contribution in [1.29, 1.82) is 0 Å². The number of hydrogen-bond acceptors (Lipinski definition) is 6. The summed E-state index contributed by atoms with van der Waals surface area (Å²) in [5.41, 5.74) is 6.93. The molecular weight excluding hydrogens is 292 g/mol. The molecule has 0 aliphatic heterocycles. The van der Waals surface area contributed by atoms with Crippen LogP contribution in [-0.4, -0.2) is 30.3 Å². The molecule has 0 saturated carbocycles. The van der Waals surface area contributed by atoms with E-state index in [4.69, 9.17) is 10.5 Å². The number of nitrogens with two attached hydrogens (primary N) is 1. The van der Waals surface area contributed by atoms with Crippen molar-refractivity contribution < 1.29 is 19.1 Å². The second-order valence-corrected chi connectivity index (χ2v) is 5.27. The maximum absolute atomic E-state index is 11.9. The van der Waals surface area contributed by atoms with Crippen molar-refractivity contribution in [3.8, 4) is 0 Å². The zero-order valence-electron chi connectivity index (χ0n) is 11.8. The minimum absolute atomic E-state index is 0.00232. The molecule has 0 bridgehead atoms. The molecule has 112 valence electrons. The highest BCUT2D eigenvalue weighted by molar-refractivity contribution is 7.09. The number of anilines is 1. The highest BCUT2D eigenvalue weighted by Crippen LogP contribution is 2.25. The molecule has 0 aromatic carbocycles. The van der Waals surface area contributed by atoms with Crippen molar-refractivity contribution in [1.82, 2.24) is 4.57 Å². The Morgan fingerprint density at radius 3 is 2.76 bits per heavy atom. The lowest BCUT2D eigenvalue weighted by molar-refractivity contribution is 0.0587. The van der Waals surface area contributed by atoms with Gasteiger partial charge in [-0.1, -0.05) is 6.07 Å². The predicted molar refractivity (Wildman–Crippen MR) is 79.7 cm³/mol. The van der Waals surface area contributed by atoms with Crippen LogP contribution in [0.4, 0.5) is 10.5 Å². The molecule has 2 aromatic rings. The van der Waals surface area contributed by atoms with Crippen LogP contribution in [0.25, 0.3) is 0 Å². The molecule has 2 aromatic heterocycles. The molecule has 0 atom stereocenters. The fourth-order valence-corrected chi connectivity index (χ4v) is 2.68. The van der Waals surface area contributed by atoms with Gasteiger partial charge >= 0.3 is 12.1 Å². The third-order valence-corrected chi connectivity index (χ3v) is 3.79. The third-order valence-electron chi connectivity index (χ3n) is 2.91. The number of aromatic nitrogens is 1. The van der Waals surface area contributed by atoms with Crippen LogP contribution in [0.5, 0.6) is 0 Å². The number of esters is 1. The van der Waals surface area contributed by atoms with Gasteiger partial charge in [-0.2, -0.15) is 0 Å². The summed E-state index contributed by atoms with van der Waals surface area (Å²) < 4.78 is 10.7. The van der Waals surface area contributed by atoms with Crippen molar-refractivity contribution >= 4 is 29.1 Å². The fourth-order valence-electron chi connectivity index (χ4n) is 1.96. The van der Waals surface area contributed by atoms with Gasteiger partial charge in [-0.05, 0) is 23.9 Å². The topological polar surface area (TPSA) is 83.5 Å². The van der Waals surface area contributed by atoms with E-state index in [1.165, 1.54) is 13.3 Å². The van der Waals surface area contributed by atoms with Crippen LogP contribution in [0.1, 0.15) is 27.9 Å². The van der Waals surface area contributed by atoms with E-state index in [9.17, 15) is 9.59 Å². The minimum atomic E-state index is -0.669. The molecule has 0 unspecified atom stereocenters. The van der Waals surface area contributed by atoms with E-state index in [0.717, 1.165) is 9.44 Å². The second-order valence-electron chi connectivity index (χ2n) is 4.23. The van der Waals surface area contributed by atoms with Crippen molar-refractivity contribution in [2.24, 2.45) is 0 Å². The Kier molecular flexibility index (Phi) is 4.64. The van der Waals surface area contributed by atoms with Gasteiger partial charge in [0.1, 0.15) is 0 Å². The van der Waals surface area contributed by atoms with E-state index in [1.807, 2.05) is 17.5 Å². The van der Waals surface area contributed by atoms with Crippen molar-refractivity contribution in [3.63, 3.8) is 0 Å². The third kappa shape index (κ3) is 3.08. The molecule has 0 radical (unpaired) electrons. The van der Waals surface area contributed by atoms with Gasteiger partial charge in [0.15, 0.2) is 5.69 Å². The number of carbonyl (C=O) groups is 2. The number of methoxy groups -OCH3 is 1. The van der Waals surface area contributed by atoms with Gasteiger partial charge in [0.25, 0.3) is 0 Å². The molecule has 0 fully saturated rings. The van der Waals surface area contributed by atoms with E-state index < -0.39 is 12.1 Å². The lowest BCUT2D eigenvalue weighted by Crippen LogP contribution is -2.19. The number of ether oxygens (including phenoxy) is 2. The summed E-state index contributed by atoms with van der Waals surface area (Å²) in [6.45, 7) is 1.90. The molecule has 7 heteroatoms. The largest absolute Gasteiger partial charge is 0.464 e. The first-order valence-corrected chi connectivity index (χ1v) is 7.24. The quantitative estimate of drug-likeness (QED) is 0.877. The number of thiophene rings is 1. The Balaban J connectivity index is 2.43. The van der Waals surface area contributed by atoms with Crippen molar-refractivity contribution in [2.45, 2.75) is 13.3 Å². The molecule has 0 amide bonds. The maximum atomic E-state index is 11.9. The van der Waals surface area contributed by atoms with Crippen LogP contribution in [0.2, 0.25) is 0 Å². The Hall–Kier alpha value is -2.28. The average Bonchev–Trinajstić information content (AvgIpc) is 3.08. The van der Waals surface area contributed by atoms with Crippen LogP contribution in [0, 0.1) is 0 Å². The molecule has 0 aliphatic carbocycles. The molecule has 2 rings (SSSR count). The first-order valence-electron chi connectivity index (χ1n) is 6.36. The Morgan fingerprint density at radius 1 is 1.43 bits per heavy atom. The first kappa shape index (κ1) is 15.1. The lowest BCUT2D eigenvalue weighted by atomic mass is 10.1. The number of rotatable bonds is 4. The first-order chi connectivity index (χ1) is 10.1. The molecule has 0 saturated heterocycles. The van der Waals surface area contributed by atoms with Gasteiger partial charge in [-0.3, -0.25) is 0 Å². The summed E-state index contributed by atoms with van der Waals surface area (Å²) in [6.07, 6.45) is 1.42. The van der Waals surface area contributed by atoms with Crippen molar-refractivity contribution in [2.75, 3.05) is 19.5 Å². The van der Waals surface area contributed by atoms with E-state index in [-0.39, 0.29) is 18.0 Å². The number of carbonyl (C=O) groups excluding carboxylic acids is 2. The molecule has 6 nitrogen and oxygen atoms in total. The highest BCUT2D eigenvalue weighted by atomic mass is 32.1. The summed E-state index contributed by atoms with van der Waals surface area (Å²) in [5, 5.41) is 1.95. The SMILES string of the molecule is CCOC(=O)n1cc(Cc2cccs2)c(N)c1C(=O)OC. The number of nitrogen functional groups attached to an aromatic ring is 1. The monoisotopic (exact) mass is 308 g/mol. The predicted octanol–water partition coefficient (Wildman–Crippen LogP) is 2.51. The molecule has 0 aliphatic rings. The lowest BCUT2D eigenvalue weighted by Gasteiger charge is -2.06. The van der Waals surface area contributed by atoms with Crippen LogP contribution >= 0.6 is 11.3 Å². The zero-order chi connectivity index (χ0) is 15.4. The smallest absolute Gasteiger partial charge is 0.418 e. The summed E-state index contributed by atoms with van der Waals surface area (Å²) >= 11 is 1.58. The van der Waals surface area contributed by atoms with Gasteiger partial charge in [0, 0.05) is 17.5 Å². The van der Waals surface area contributed by atoms with Crippen LogP contribution in [0.15, 0.2) is 23.7 Å². The maximum Gasteiger partial charge on any atom is 0.418 e. The molecule has 21 heavy (non-hydrogen) atoms. The Morgan fingerprint density at radius 2 is 2.19 bits per heavy atom. The van der Waals surface area contributed by atoms with Crippen LogP contribution in [-0.2, 0) is 15.9 Å². The standard InChI is InChI=1S/C14H16N2O4S/c1-3-20-14(18)16-8-9(7-10-5-4-6-21-10)11(15)12(16)13(17)19-2/h4-6,8H,3,7,15H2,1-2H3. The normalized spacial score (nSPS) is 10.4. The van der Waals surface area contributed by atoms with Gasteiger partial charge < -0.3 is 15.2 Å². The van der Waals surface area contributed by atoms with Gasteiger partial charge in [0.05, 0.1) is 19.4 Å². The van der Waals surface area contributed by atoms with Gasteiger partial charge in [-0.25, -0.2) is 14.2 Å². The highest BCUT2D eigenvalue weighted by Gasteiger charge is 2.25. The number of hydrogen-bond donors (Lipinski definition) is 1.